The number of benzene rings is 1. The Morgan fingerprint density at radius 2 is 1.82 bits per heavy atom. The van der Waals surface area contributed by atoms with Crippen LogP contribution in [0.1, 0.15) is 24.3 Å². The van der Waals surface area contributed by atoms with E-state index in [1.807, 2.05) is 25.1 Å². The van der Waals surface area contributed by atoms with Gasteiger partial charge >= 0.3 is 0 Å². The van der Waals surface area contributed by atoms with E-state index in [0.29, 0.717) is 6.54 Å². The van der Waals surface area contributed by atoms with Crippen molar-refractivity contribution >= 4 is 5.91 Å². The van der Waals surface area contributed by atoms with Gasteiger partial charge in [-0.2, -0.15) is 0 Å². The number of carbonyl (C=O) groups excluding carboxylic acids is 1. The van der Waals surface area contributed by atoms with E-state index in [4.69, 9.17) is 13.9 Å². The molecule has 7 heteroatoms. The first kappa shape index (κ1) is 20.2. The maximum atomic E-state index is 12.3. The summed E-state index contributed by atoms with van der Waals surface area (Å²) >= 11 is 0. The van der Waals surface area contributed by atoms with Gasteiger partial charge in [-0.15, -0.1) is 0 Å². The van der Waals surface area contributed by atoms with Gasteiger partial charge in [-0.1, -0.05) is 0 Å². The number of piperazine rings is 1. The standard InChI is InChI=1S/C21H29N3O4/c1-16(18-5-4-12-28-18)22-21(25)15-24-10-8-23(9-11-24)14-17-6-7-19(26-2)20(13-17)27-3/h4-7,12-13,16H,8-11,14-15H2,1-3H3,(H,22,25)/p+2/t16-/m1/s1. The SMILES string of the molecule is COc1ccc(C[NH+]2CC[NH+](CC(=O)N[C@H](C)c3ccco3)CC2)cc1OC. The Kier molecular flexibility index (Phi) is 6.95. The van der Waals surface area contributed by atoms with E-state index in [2.05, 4.69) is 17.4 Å². The molecule has 3 N–H and O–H groups in total. The second kappa shape index (κ2) is 9.61. The first-order valence-corrected chi connectivity index (χ1v) is 9.80. The number of quaternary nitrogens is 2. The third-order valence-corrected chi connectivity index (χ3v) is 5.32. The highest BCUT2D eigenvalue weighted by Crippen LogP contribution is 2.27. The molecular weight excluding hydrogens is 358 g/mol. The van der Waals surface area contributed by atoms with Crippen molar-refractivity contribution < 1.29 is 28.5 Å². The van der Waals surface area contributed by atoms with Gasteiger partial charge in [0.05, 0.1) is 26.5 Å². The Morgan fingerprint density at radius 3 is 2.46 bits per heavy atom. The van der Waals surface area contributed by atoms with E-state index in [1.165, 1.54) is 15.4 Å². The third kappa shape index (κ3) is 5.27. The Hall–Kier alpha value is -2.51. The molecule has 7 nitrogen and oxygen atoms in total. The topological polar surface area (TPSA) is 69.6 Å². The molecule has 0 unspecified atom stereocenters. The van der Waals surface area contributed by atoms with Crippen LogP contribution < -0.4 is 24.6 Å². The van der Waals surface area contributed by atoms with E-state index in [9.17, 15) is 4.79 Å². The maximum absolute atomic E-state index is 12.3. The molecular formula is C21H31N3O4+2. The molecule has 152 valence electrons. The van der Waals surface area contributed by atoms with E-state index >= 15 is 0 Å². The zero-order chi connectivity index (χ0) is 19.9. The fraction of sp³-hybridized carbons (Fsp3) is 0.476. The number of hydrogen-bond acceptors (Lipinski definition) is 4. The molecule has 1 aliphatic rings. The Bertz CT molecular complexity index is 755. The first-order valence-electron chi connectivity index (χ1n) is 9.80. The van der Waals surface area contributed by atoms with Crippen LogP contribution in [-0.2, 0) is 11.3 Å². The van der Waals surface area contributed by atoms with E-state index in [0.717, 1.165) is 50.0 Å². The average molecular weight is 389 g/mol. The van der Waals surface area contributed by atoms with Crippen LogP contribution >= 0.6 is 0 Å². The average Bonchev–Trinajstić information content (AvgIpc) is 3.24. The van der Waals surface area contributed by atoms with Crippen molar-refractivity contribution in [2.75, 3.05) is 46.9 Å². The fourth-order valence-corrected chi connectivity index (χ4v) is 3.72. The van der Waals surface area contributed by atoms with Crippen molar-refractivity contribution in [1.82, 2.24) is 5.32 Å². The minimum atomic E-state index is -0.0983. The predicted molar refractivity (Wildman–Crippen MR) is 105 cm³/mol. The number of ether oxygens (including phenoxy) is 2. The second-order valence-corrected chi connectivity index (χ2v) is 7.35. The third-order valence-electron chi connectivity index (χ3n) is 5.32. The van der Waals surface area contributed by atoms with Crippen LogP contribution in [0.25, 0.3) is 0 Å². The highest BCUT2D eigenvalue weighted by atomic mass is 16.5. The Morgan fingerprint density at radius 1 is 1.11 bits per heavy atom. The fourth-order valence-electron chi connectivity index (χ4n) is 3.72. The summed E-state index contributed by atoms with van der Waals surface area (Å²) in [5, 5.41) is 3.02. The molecule has 1 amide bonds. The Labute approximate surface area is 166 Å². The van der Waals surface area contributed by atoms with Gasteiger partial charge in [0.1, 0.15) is 38.5 Å². The molecule has 0 radical (unpaired) electrons. The van der Waals surface area contributed by atoms with Crippen LogP contribution in [0.3, 0.4) is 0 Å². The quantitative estimate of drug-likeness (QED) is 0.567. The molecule has 0 saturated carbocycles. The lowest BCUT2D eigenvalue weighted by atomic mass is 10.1. The molecule has 1 aromatic heterocycles. The van der Waals surface area contributed by atoms with Gasteiger partial charge in [-0.25, -0.2) is 0 Å². The normalized spacial score (nSPS) is 20.4. The van der Waals surface area contributed by atoms with Crippen LogP contribution in [0.5, 0.6) is 11.5 Å². The van der Waals surface area contributed by atoms with Crippen LogP contribution in [0.2, 0.25) is 0 Å². The van der Waals surface area contributed by atoms with E-state index in [1.54, 1.807) is 20.5 Å². The zero-order valence-electron chi connectivity index (χ0n) is 16.9. The van der Waals surface area contributed by atoms with Gasteiger partial charge in [0.2, 0.25) is 0 Å². The molecule has 2 aromatic rings. The summed E-state index contributed by atoms with van der Waals surface area (Å²) in [5.41, 5.74) is 1.24. The molecule has 1 saturated heterocycles. The van der Waals surface area contributed by atoms with Crippen LogP contribution in [0.15, 0.2) is 41.0 Å². The predicted octanol–water partition coefficient (Wildman–Crippen LogP) is -0.542. The summed E-state index contributed by atoms with van der Waals surface area (Å²) in [5.74, 6) is 2.38. The number of nitrogens with one attached hydrogen (secondary N) is 3. The number of methoxy groups -OCH3 is 2. The van der Waals surface area contributed by atoms with Crippen LogP contribution in [0, 0.1) is 0 Å². The van der Waals surface area contributed by atoms with Crippen molar-refractivity contribution in [1.29, 1.82) is 0 Å². The van der Waals surface area contributed by atoms with Crippen molar-refractivity contribution in [3.63, 3.8) is 0 Å². The van der Waals surface area contributed by atoms with Crippen molar-refractivity contribution in [2.45, 2.75) is 19.5 Å². The number of amides is 1. The number of carbonyl (C=O) groups is 1. The van der Waals surface area contributed by atoms with Gasteiger partial charge in [0, 0.05) is 5.56 Å². The molecule has 1 atom stereocenters. The molecule has 1 fully saturated rings. The van der Waals surface area contributed by atoms with Crippen molar-refractivity contribution in [3.05, 3.63) is 47.9 Å². The molecule has 0 bridgehead atoms. The lowest BCUT2D eigenvalue weighted by Crippen LogP contribution is -3.28. The molecule has 2 heterocycles. The van der Waals surface area contributed by atoms with Gasteiger partial charge < -0.3 is 29.0 Å². The van der Waals surface area contributed by atoms with Crippen molar-refractivity contribution in [2.24, 2.45) is 0 Å². The lowest BCUT2D eigenvalue weighted by molar-refractivity contribution is -1.02. The van der Waals surface area contributed by atoms with Crippen LogP contribution in [-0.4, -0.2) is 52.9 Å². The second-order valence-electron chi connectivity index (χ2n) is 7.35. The molecule has 3 rings (SSSR count). The minimum absolute atomic E-state index is 0.0715. The maximum Gasteiger partial charge on any atom is 0.275 e. The molecule has 1 aromatic carbocycles. The monoisotopic (exact) mass is 389 g/mol. The highest BCUT2D eigenvalue weighted by molar-refractivity contribution is 5.77. The first-order chi connectivity index (χ1) is 13.6. The Balaban J connectivity index is 1.43. The summed E-state index contributed by atoms with van der Waals surface area (Å²) in [6, 6.07) is 9.72. The van der Waals surface area contributed by atoms with Gasteiger partial charge in [0.15, 0.2) is 18.0 Å². The summed E-state index contributed by atoms with van der Waals surface area (Å²) in [6.45, 7) is 7.48. The molecule has 0 spiro atoms. The van der Waals surface area contributed by atoms with Gasteiger partial charge in [-0.05, 0) is 37.3 Å². The summed E-state index contributed by atoms with van der Waals surface area (Å²) in [6.07, 6.45) is 1.63. The van der Waals surface area contributed by atoms with Crippen molar-refractivity contribution in [3.8, 4) is 11.5 Å². The summed E-state index contributed by atoms with van der Waals surface area (Å²) in [7, 11) is 3.31. The lowest BCUT2D eigenvalue weighted by Gasteiger charge is -2.29. The van der Waals surface area contributed by atoms with Gasteiger partial charge in [-0.3, -0.25) is 4.79 Å². The molecule has 0 aliphatic carbocycles. The van der Waals surface area contributed by atoms with E-state index in [-0.39, 0.29) is 11.9 Å². The number of hydrogen-bond donors (Lipinski definition) is 3. The van der Waals surface area contributed by atoms with Crippen LogP contribution in [0.4, 0.5) is 0 Å². The molecule has 28 heavy (non-hydrogen) atoms. The largest absolute Gasteiger partial charge is 0.493 e. The highest BCUT2D eigenvalue weighted by Gasteiger charge is 2.26. The minimum Gasteiger partial charge on any atom is -0.493 e. The smallest absolute Gasteiger partial charge is 0.275 e. The van der Waals surface area contributed by atoms with E-state index < -0.39 is 0 Å². The zero-order valence-corrected chi connectivity index (χ0v) is 16.9. The molecule has 1 aliphatic heterocycles. The van der Waals surface area contributed by atoms with Gasteiger partial charge in [0.25, 0.3) is 5.91 Å². The summed E-state index contributed by atoms with van der Waals surface area (Å²) in [4.78, 5) is 15.2. The number of rotatable bonds is 8. The summed E-state index contributed by atoms with van der Waals surface area (Å²) < 4.78 is 16.0. The number of furan rings is 1.